The van der Waals surface area contributed by atoms with Crippen LogP contribution in [-0.2, 0) is 20.9 Å². The molecule has 0 bridgehead atoms. The first-order chi connectivity index (χ1) is 10.6. The van der Waals surface area contributed by atoms with E-state index in [9.17, 15) is 9.59 Å². The van der Waals surface area contributed by atoms with E-state index in [1.54, 1.807) is 7.11 Å². The maximum atomic E-state index is 11.6. The molecule has 1 amide bonds. The first kappa shape index (κ1) is 16.3. The minimum Gasteiger partial charge on any atom is -0.497 e. The van der Waals surface area contributed by atoms with Crippen molar-refractivity contribution < 1.29 is 24.2 Å². The molecule has 2 N–H and O–H groups in total. The molecule has 0 spiro atoms. The fraction of sp³-hybridized carbons (Fsp3) is 0.500. The number of nitrogens with one attached hydrogen (secondary N) is 1. The maximum absolute atomic E-state index is 11.6. The Morgan fingerprint density at radius 2 is 2.00 bits per heavy atom. The Bertz CT molecular complexity index is 514. The summed E-state index contributed by atoms with van der Waals surface area (Å²) in [5.74, 6) is -1.08. The molecule has 0 heterocycles. The summed E-state index contributed by atoms with van der Waals surface area (Å²) in [5, 5.41) is 11.5. The van der Waals surface area contributed by atoms with Crippen LogP contribution in [-0.4, -0.2) is 37.2 Å². The molecule has 0 radical (unpaired) electrons. The Morgan fingerprint density at radius 3 is 2.59 bits per heavy atom. The minimum absolute atomic E-state index is 0.164. The number of aliphatic carboxylic acids is 1. The van der Waals surface area contributed by atoms with E-state index in [-0.39, 0.29) is 11.8 Å². The molecule has 2 unspecified atom stereocenters. The molecule has 1 aliphatic carbocycles. The van der Waals surface area contributed by atoms with Gasteiger partial charge in [0.25, 0.3) is 0 Å². The van der Waals surface area contributed by atoms with E-state index in [0.717, 1.165) is 11.3 Å². The number of methoxy groups -OCH3 is 1. The van der Waals surface area contributed by atoms with Crippen molar-refractivity contribution in [1.82, 2.24) is 5.32 Å². The molecule has 0 aliphatic heterocycles. The van der Waals surface area contributed by atoms with Crippen molar-refractivity contribution in [3.8, 4) is 5.75 Å². The average molecular weight is 307 g/mol. The van der Waals surface area contributed by atoms with Crippen molar-refractivity contribution >= 4 is 11.9 Å². The zero-order valence-electron chi connectivity index (χ0n) is 12.6. The van der Waals surface area contributed by atoms with Gasteiger partial charge in [0, 0.05) is 13.2 Å². The Balaban J connectivity index is 1.52. The van der Waals surface area contributed by atoms with Gasteiger partial charge in [0.2, 0.25) is 5.91 Å². The number of rotatable bonds is 9. The summed E-state index contributed by atoms with van der Waals surface area (Å²) in [6.45, 7) is 1.56. The highest BCUT2D eigenvalue weighted by molar-refractivity contribution is 5.89. The van der Waals surface area contributed by atoms with E-state index in [1.165, 1.54) is 0 Å². The van der Waals surface area contributed by atoms with E-state index in [0.29, 0.717) is 32.6 Å². The standard InChI is InChI=1S/C16H21NO5/c1-21-12-5-3-11(4-6-12)10-22-8-2-7-17-15(18)13-9-14(13)16(19)20/h3-6,13-14H,2,7-10H2,1H3,(H,17,18)(H,19,20). The van der Waals surface area contributed by atoms with Gasteiger partial charge < -0.3 is 19.9 Å². The van der Waals surface area contributed by atoms with Crippen LogP contribution in [0.4, 0.5) is 0 Å². The third-order valence-corrected chi connectivity index (χ3v) is 3.64. The zero-order chi connectivity index (χ0) is 15.9. The van der Waals surface area contributed by atoms with Crippen LogP contribution in [0.3, 0.4) is 0 Å². The van der Waals surface area contributed by atoms with Crippen LogP contribution in [0.25, 0.3) is 0 Å². The van der Waals surface area contributed by atoms with Crippen LogP contribution in [0.5, 0.6) is 5.75 Å². The van der Waals surface area contributed by atoms with Crippen molar-refractivity contribution in [2.24, 2.45) is 11.8 Å². The number of ether oxygens (including phenoxy) is 2. The molecule has 6 heteroatoms. The van der Waals surface area contributed by atoms with Crippen molar-refractivity contribution in [2.75, 3.05) is 20.3 Å². The average Bonchev–Trinajstić information content (AvgIpc) is 3.32. The molecule has 1 aromatic carbocycles. The number of carbonyl (C=O) groups is 2. The first-order valence-electron chi connectivity index (χ1n) is 7.33. The van der Waals surface area contributed by atoms with E-state index < -0.39 is 11.9 Å². The van der Waals surface area contributed by atoms with E-state index >= 15 is 0 Å². The normalized spacial score (nSPS) is 19.5. The Kier molecular flexibility index (Phi) is 5.77. The molecular weight excluding hydrogens is 286 g/mol. The number of hydrogen-bond acceptors (Lipinski definition) is 4. The number of hydrogen-bond donors (Lipinski definition) is 2. The highest BCUT2D eigenvalue weighted by atomic mass is 16.5. The van der Waals surface area contributed by atoms with Gasteiger partial charge in [0.05, 0.1) is 25.6 Å². The van der Waals surface area contributed by atoms with Gasteiger partial charge in [0.15, 0.2) is 0 Å². The van der Waals surface area contributed by atoms with Crippen LogP contribution in [0.2, 0.25) is 0 Å². The lowest BCUT2D eigenvalue weighted by Crippen LogP contribution is -2.28. The van der Waals surface area contributed by atoms with Crippen LogP contribution >= 0.6 is 0 Å². The number of carboxylic acids is 1. The molecule has 6 nitrogen and oxygen atoms in total. The van der Waals surface area contributed by atoms with Crippen molar-refractivity contribution in [1.29, 1.82) is 0 Å². The van der Waals surface area contributed by atoms with Gasteiger partial charge in [0.1, 0.15) is 5.75 Å². The van der Waals surface area contributed by atoms with Crippen molar-refractivity contribution in [2.45, 2.75) is 19.4 Å². The number of benzene rings is 1. The third kappa shape index (κ3) is 4.73. The molecule has 1 aromatic rings. The molecular formula is C16H21NO5. The summed E-state index contributed by atoms with van der Waals surface area (Å²) in [5.41, 5.74) is 1.06. The second kappa shape index (κ2) is 7.79. The SMILES string of the molecule is COc1ccc(COCCCNC(=O)C2CC2C(=O)O)cc1. The predicted octanol–water partition coefficient (Wildman–Crippen LogP) is 1.44. The van der Waals surface area contributed by atoms with Crippen molar-refractivity contribution in [3.63, 3.8) is 0 Å². The van der Waals surface area contributed by atoms with E-state index in [2.05, 4.69) is 5.32 Å². The maximum Gasteiger partial charge on any atom is 0.307 e. The summed E-state index contributed by atoms with van der Waals surface area (Å²) in [6.07, 6.45) is 1.15. The summed E-state index contributed by atoms with van der Waals surface area (Å²) >= 11 is 0. The third-order valence-electron chi connectivity index (χ3n) is 3.64. The van der Waals surface area contributed by atoms with Gasteiger partial charge in [-0.05, 0) is 30.5 Å². The zero-order valence-corrected chi connectivity index (χ0v) is 12.6. The monoisotopic (exact) mass is 307 g/mol. The van der Waals surface area contributed by atoms with E-state index in [1.807, 2.05) is 24.3 Å². The fourth-order valence-corrected chi connectivity index (χ4v) is 2.19. The van der Waals surface area contributed by atoms with Gasteiger partial charge in [-0.15, -0.1) is 0 Å². The van der Waals surface area contributed by atoms with E-state index in [4.69, 9.17) is 14.6 Å². The molecule has 1 saturated carbocycles. The molecule has 0 aromatic heterocycles. The summed E-state index contributed by atoms with van der Waals surface area (Å²) in [7, 11) is 1.63. The largest absolute Gasteiger partial charge is 0.497 e. The fourth-order valence-electron chi connectivity index (χ4n) is 2.19. The Labute approximate surface area is 129 Å². The molecule has 2 rings (SSSR count). The molecule has 2 atom stereocenters. The number of carboxylic acid groups (broad SMARTS) is 1. The highest BCUT2D eigenvalue weighted by Gasteiger charge is 2.48. The predicted molar refractivity (Wildman–Crippen MR) is 79.5 cm³/mol. The van der Waals surface area contributed by atoms with Crippen LogP contribution < -0.4 is 10.1 Å². The minimum atomic E-state index is -0.886. The molecule has 22 heavy (non-hydrogen) atoms. The van der Waals surface area contributed by atoms with Gasteiger partial charge in [-0.2, -0.15) is 0 Å². The Morgan fingerprint density at radius 1 is 1.27 bits per heavy atom. The summed E-state index contributed by atoms with van der Waals surface area (Å²) in [6, 6.07) is 7.65. The Hall–Kier alpha value is -2.08. The molecule has 1 aliphatic rings. The van der Waals surface area contributed by atoms with Crippen LogP contribution in [0.15, 0.2) is 24.3 Å². The first-order valence-corrected chi connectivity index (χ1v) is 7.33. The second-order valence-electron chi connectivity index (χ2n) is 5.33. The van der Waals surface area contributed by atoms with Gasteiger partial charge in [-0.1, -0.05) is 12.1 Å². The van der Waals surface area contributed by atoms with Gasteiger partial charge >= 0.3 is 5.97 Å². The lowest BCUT2D eigenvalue weighted by Gasteiger charge is -2.07. The van der Waals surface area contributed by atoms with Crippen LogP contribution in [0.1, 0.15) is 18.4 Å². The summed E-state index contributed by atoms with van der Waals surface area (Å²) in [4.78, 5) is 22.3. The van der Waals surface area contributed by atoms with Gasteiger partial charge in [-0.3, -0.25) is 9.59 Å². The smallest absolute Gasteiger partial charge is 0.307 e. The quantitative estimate of drug-likeness (QED) is 0.674. The lowest BCUT2D eigenvalue weighted by molar-refractivity contribution is -0.140. The molecule has 120 valence electrons. The lowest BCUT2D eigenvalue weighted by atomic mass is 10.2. The topological polar surface area (TPSA) is 84.9 Å². The van der Waals surface area contributed by atoms with Crippen molar-refractivity contribution in [3.05, 3.63) is 29.8 Å². The number of amides is 1. The van der Waals surface area contributed by atoms with Gasteiger partial charge in [-0.25, -0.2) is 0 Å². The summed E-state index contributed by atoms with van der Waals surface area (Å²) < 4.78 is 10.6. The highest BCUT2D eigenvalue weighted by Crippen LogP contribution is 2.38. The van der Waals surface area contributed by atoms with Crippen LogP contribution in [0, 0.1) is 11.8 Å². The molecule has 1 fully saturated rings. The second-order valence-corrected chi connectivity index (χ2v) is 5.33. The number of carbonyl (C=O) groups excluding carboxylic acids is 1. The molecule has 0 saturated heterocycles.